The van der Waals surface area contributed by atoms with Crippen molar-refractivity contribution in [2.75, 3.05) is 47.5 Å². The summed E-state index contributed by atoms with van der Waals surface area (Å²) in [5.74, 6) is -0.904. The first-order valence-corrected chi connectivity index (χ1v) is 5.45. The van der Waals surface area contributed by atoms with Crippen molar-refractivity contribution < 1.29 is 14.2 Å². The van der Waals surface area contributed by atoms with Gasteiger partial charge in [0.2, 0.25) is 0 Å². The molecule has 98 valence electrons. The molecule has 4 N–H and O–H groups in total. The molecule has 0 fully saturated rings. The van der Waals surface area contributed by atoms with E-state index in [2.05, 4.69) is 10.6 Å². The van der Waals surface area contributed by atoms with E-state index >= 15 is 0 Å². The molecular formula is C10H25N3O3. The van der Waals surface area contributed by atoms with Crippen molar-refractivity contribution in [1.29, 1.82) is 0 Å². The van der Waals surface area contributed by atoms with Crippen molar-refractivity contribution in [3.8, 4) is 0 Å². The van der Waals surface area contributed by atoms with Crippen LogP contribution in [0.4, 0.5) is 0 Å². The van der Waals surface area contributed by atoms with Crippen LogP contribution in [0.15, 0.2) is 0 Å². The number of rotatable bonds is 10. The summed E-state index contributed by atoms with van der Waals surface area (Å²) < 4.78 is 15.9. The summed E-state index contributed by atoms with van der Waals surface area (Å²) in [5, 5.41) is 6.34. The fourth-order valence-electron chi connectivity index (χ4n) is 1.41. The van der Waals surface area contributed by atoms with Gasteiger partial charge in [0.25, 0.3) is 5.91 Å². The molecule has 0 aliphatic rings. The molecule has 0 aromatic carbocycles. The molecule has 6 nitrogen and oxygen atoms in total. The molecule has 1 unspecified atom stereocenters. The normalized spacial score (nSPS) is 14.1. The monoisotopic (exact) mass is 235 g/mol. The van der Waals surface area contributed by atoms with Gasteiger partial charge in [0.15, 0.2) is 0 Å². The fraction of sp³-hybridized carbons (Fsp3) is 1.00. The van der Waals surface area contributed by atoms with E-state index in [0.717, 1.165) is 13.1 Å². The van der Waals surface area contributed by atoms with Crippen LogP contribution in [-0.2, 0) is 14.2 Å². The topological polar surface area (TPSA) is 77.8 Å². The highest BCUT2D eigenvalue weighted by Crippen LogP contribution is 2.14. The molecule has 0 amide bonds. The van der Waals surface area contributed by atoms with E-state index in [1.807, 2.05) is 6.92 Å². The lowest BCUT2D eigenvalue weighted by molar-refractivity contribution is -0.278. The van der Waals surface area contributed by atoms with Crippen LogP contribution in [0.3, 0.4) is 0 Å². The summed E-state index contributed by atoms with van der Waals surface area (Å²) in [6, 6.07) is 0. The molecule has 0 aromatic heterocycles. The van der Waals surface area contributed by atoms with Crippen LogP contribution in [0, 0.1) is 0 Å². The standard InChI is InChI=1S/C10H25N3O3/c1-9(14-2)10(15-3,16-4)13-8-7-12-6-5-11/h9,12-13H,5-8,11H2,1-4H3. The zero-order valence-corrected chi connectivity index (χ0v) is 10.7. The number of nitrogens with one attached hydrogen (secondary N) is 2. The van der Waals surface area contributed by atoms with Crippen LogP contribution in [0.25, 0.3) is 0 Å². The van der Waals surface area contributed by atoms with Gasteiger partial charge in [0, 0.05) is 47.5 Å². The highest BCUT2D eigenvalue weighted by Gasteiger charge is 2.36. The first-order valence-electron chi connectivity index (χ1n) is 5.45. The van der Waals surface area contributed by atoms with Crippen molar-refractivity contribution in [3.63, 3.8) is 0 Å². The lowest BCUT2D eigenvalue weighted by Gasteiger charge is -2.36. The molecule has 0 aromatic rings. The predicted octanol–water partition coefficient (Wildman–Crippen LogP) is -0.894. The van der Waals surface area contributed by atoms with Crippen molar-refractivity contribution in [1.82, 2.24) is 10.6 Å². The van der Waals surface area contributed by atoms with Gasteiger partial charge in [-0.2, -0.15) is 0 Å². The van der Waals surface area contributed by atoms with E-state index in [1.54, 1.807) is 21.3 Å². The summed E-state index contributed by atoms with van der Waals surface area (Å²) in [5.41, 5.74) is 5.37. The third kappa shape index (κ3) is 4.73. The quantitative estimate of drug-likeness (QED) is 0.337. The van der Waals surface area contributed by atoms with Gasteiger partial charge in [-0.3, -0.25) is 5.32 Å². The highest BCUT2D eigenvalue weighted by atomic mass is 16.7. The molecule has 6 heteroatoms. The molecule has 0 aliphatic heterocycles. The molecule has 0 heterocycles. The number of nitrogens with two attached hydrogens (primary N) is 1. The SMILES string of the molecule is COC(C)C(NCCNCCN)(OC)OC. The Morgan fingerprint density at radius 2 is 1.75 bits per heavy atom. The van der Waals surface area contributed by atoms with Gasteiger partial charge in [-0.05, 0) is 6.92 Å². The van der Waals surface area contributed by atoms with Gasteiger partial charge in [-0.1, -0.05) is 0 Å². The first kappa shape index (κ1) is 15.8. The Kier molecular flexibility index (Phi) is 8.73. The molecule has 0 radical (unpaired) electrons. The van der Waals surface area contributed by atoms with Crippen LogP contribution in [0.2, 0.25) is 0 Å². The third-order valence-corrected chi connectivity index (χ3v) is 2.49. The minimum atomic E-state index is -0.904. The van der Waals surface area contributed by atoms with Crippen LogP contribution in [0.5, 0.6) is 0 Å². The Bertz CT molecular complexity index is 165. The number of ether oxygens (including phenoxy) is 3. The van der Waals surface area contributed by atoms with Crippen LogP contribution in [0.1, 0.15) is 6.92 Å². The molecule has 0 rings (SSSR count). The average molecular weight is 235 g/mol. The molecule has 0 saturated heterocycles. The Labute approximate surface area is 97.8 Å². The van der Waals surface area contributed by atoms with E-state index in [1.165, 1.54) is 0 Å². The van der Waals surface area contributed by atoms with E-state index in [-0.39, 0.29) is 6.10 Å². The maximum absolute atomic E-state index is 5.37. The summed E-state index contributed by atoms with van der Waals surface area (Å²) >= 11 is 0. The van der Waals surface area contributed by atoms with Crippen molar-refractivity contribution >= 4 is 0 Å². The van der Waals surface area contributed by atoms with Crippen LogP contribution < -0.4 is 16.4 Å². The molecular weight excluding hydrogens is 210 g/mol. The average Bonchev–Trinajstić information content (AvgIpc) is 2.33. The van der Waals surface area contributed by atoms with Crippen molar-refractivity contribution in [2.24, 2.45) is 5.73 Å². The molecule has 0 saturated carbocycles. The van der Waals surface area contributed by atoms with E-state index in [4.69, 9.17) is 19.9 Å². The van der Waals surface area contributed by atoms with Crippen LogP contribution in [-0.4, -0.2) is 59.5 Å². The lowest BCUT2D eigenvalue weighted by atomic mass is 10.3. The van der Waals surface area contributed by atoms with E-state index < -0.39 is 5.91 Å². The second kappa shape index (κ2) is 8.86. The summed E-state index contributed by atoms with van der Waals surface area (Å²) in [7, 11) is 4.78. The number of methoxy groups -OCH3 is 3. The van der Waals surface area contributed by atoms with Gasteiger partial charge in [-0.25, -0.2) is 0 Å². The van der Waals surface area contributed by atoms with Crippen molar-refractivity contribution in [3.05, 3.63) is 0 Å². The smallest absolute Gasteiger partial charge is 0.254 e. The second-order valence-corrected chi connectivity index (χ2v) is 3.42. The summed E-state index contributed by atoms with van der Waals surface area (Å²) in [6.07, 6.45) is -0.211. The molecule has 1 atom stereocenters. The van der Waals surface area contributed by atoms with Crippen LogP contribution >= 0.6 is 0 Å². The lowest BCUT2D eigenvalue weighted by Crippen LogP contribution is -2.58. The summed E-state index contributed by atoms with van der Waals surface area (Å²) in [4.78, 5) is 0. The van der Waals surface area contributed by atoms with Gasteiger partial charge in [-0.15, -0.1) is 0 Å². The largest absolute Gasteiger partial charge is 0.375 e. The van der Waals surface area contributed by atoms with Gasteiger partial charge >= 0.3 is 0 Å². The van der Waals surface area contributed by atoms with Gasteiger partial charge in [0.05, 0.1) is 0 Å². The maximum Gasteiger partial charge on any atom is 0.254 e. The maximum atomic E-state index is 5.37. The first-order chi connectivity index (χ1) is 7.66. The number of hydrogen-bond donors (Lipinski definition) is 3. The highest BCUT2D eigenvalue weighted by molar-refractivity contribution is 4.74. The molecule has 0 spiro atoms. The second-order valence-electron chi connectivity index (χ2n) is 3.42. The number of hydrogen-bond acceptors (Lipinski definition) is 6. The Balaban J connectivity index is 4.02. The fourth-order valence-corrected chi connectivity index (χ4v) is 1.41. The minimum Gasteiger partial charge on any atom is -0.375 e. The predicted molar refractivity (Wildman–Crippen MR) is 63.1 cm³/mol. The van der Waals surface area contributed by atoms with E-state index in [0.29, 0.717) is 13.1 Å². The van der Waals surface area contributed by atoms with E-state index in [9.17, 15) is 0 Å². The summed E-state index contributed by atoms with van der Waals surface area (Å²) in [6.45, 7) is 4.81. The Morgan fingerprint density at radius 1 is 1.12 bits per heavy atom. The van der Waals surface area contributed by atoms with Gasteiger partial charge < -0.3 is 25.3 Å². The zero-order valence-electron chi connectivity index (χ0n) is 10.7. The van der Waals surface area contributed by atoms with Crippen molar-refractivity contribution in [2.45, 2.75) is 18.9 Å². The minimum absolute atomic E-state index is 0.211. The van der Waals surface area contributed by atoms with Gasteiger partial charge in [0.1, 0.15) is 6.10 Å². The Morgan fingerprint density at radius 3 is 2.19 bits per heavy atom. The molecule has 16 heavy (non-hydrogen) atoms. The zero-order chi connectivity index (χ0) is 12.4. The third-order valence-electron chi connectivity index (χ3n) is 2.49. The molecule has 0 bridgehead atoms. The Hall–Kier alpha value is -0.240. The molecule has 0 aliphatic carbocycles.